The highest BCUT2D eigenvalue weighted by molar-refractivity contribution is 6.23. The van der Waals surface area contributed by atoms with Crippen LogP contribution in [0.1, 0.15) is 48.0 Å². The predicted molar refractivity (Wildman–Crippen MR) is 139 cm³/mol. The van der Waals surface area contributed by atoms with Gasteiger partial charge in [-0.1, -0.05) is 13.5 Å². The van der Waals surface area contributed by atoms with Crippen molar-refractivity contribution >= 4 is 41.4 Å². The molecule has 0 radical (unpaired) electrons. The number of rotatable bonds is 4. The minimum absolute atomic E-state index is 0.0180. The highest BCUT2D eigenvalue weighted by Crippen LogP contribution is 2.65. The van der Waals surface area contributed by atoms with Crippen molar-refractivity contribution in [2.75, 3.05) is 6.61 Å². The second-order valence-electron chi connectivity index (χ2n) is 12.1. The van der Waals surface area contributed by atoms with Gasteiger partial charge in [0, 0.05) is 40.0 Å². The summed E-state index contributed by atoms with van der Waals surface area (Å²) < 4.78 is 41.7. The molecule has 42 heavy (non-hydrogen) atoms. The average molecular weight is 615 g/mol. The van der Waals surface area contributed by atoms with Gasteiger partial charge in [0.2, 0.25) is 0 Å². The summed E-state index contributed by atoms with van der Waals surface area (Å²) in [6, 6.07) is 0. The van der Waals surface area contributed by atoms with Gasteiger partial charge in [-0.25, -0.2) is 0 Å². The van der Waals surface area contributed by atoms with E-state index in [2.05, 4.69) is 6.58 Å². The first-order valence-corrected chi connectivity index (χ1v) is 14.2. The molecule has 4 heterocycles. The molecule has 5 aliphatic rings. The number of hydrogen-bond donors (Lipinski definition) is 1. The maximum Gasteiger partial charge on any atom is 0.312 e. The molecule has 0 amide bonds. The Hall–Kier alpha value is -2.74. The lowest BCUT2D eigenvalue weighted by molar-refractivity contribution is -0.315. The SMILES string of the molecule is C=C1[C@H]2O[C@]3([C@@H](C)C(=O)O[C@H]3[C@H]1Cl)[C@@H](OC(C)=O)[C@H]1[C@@]3(CO3)C[C@H](OC(C)=O)[C@H](OC(C)=O)[C@]1(C)[C@@H](OC(C)=O)[C@@H]2O. The van der Waals surface area contributed by atoms with Gasteiger partial charge < -0.3 is 38.3 Å². The molecule has 232 valence electrons. The smallest absolute Gasteiger partial charge is 0.312 e. The summed E-state index contributed by atoms with van der Waals surface area (Å²) in [6.45, 7) is 11.8. The third kappa shape index (κ3) is 4.34. The van der Waals surface area contributed by atoms with Gasteiger partial charge in [-0.3, -0.25) is 24.0 Å². The lowest BCUT2D eigenvalue weighted by Gasteiger charge is -2.62. The van der Waals surface area contributed by atoms with Crippen LogP contribution in [0.15, 0.2) is 12.2 Å². The van der Waals surface area contributed by atoms with E-state index >= 15 is 0 Å². The molecule has 4 aliphatic heterocycles. The molecular weight excluding hydrogens is 580 g/mol. The zero-order chi connectivity index (χ0) is 31.1. The molecule has 13 nitrogen and oxygen atoms in total. The first-order chi connectivity index (χ1) is 19.5. The molecule has 0 aromatic rings. The summed E-state index contributed by atoms with van der Waals surface area (Å²) in [5.74, 6) is -5.81. The number of hydrogen-bond acceptors (Lipinski definition) is 13. The molecule has 0 aromatic carbocycles. The zero-order valence-corrected chi connectivity index (χ0v) is 24.9. The molecule has 1 saturated carbocycles. The minimum Gasteiger partial charge on any atom is -0.459 e. The Bertz CT molecular complexity index is 1230. The summed E-state index contributed by atoms with van der Waals surface area (Å²) >= 11 is 6.84. The van der Waals surface area contributed by atoms with Gasteiger partial charge in [0.25, 0.3) is 0 Å². The monoisotopic (exact) mass is 614 g/mol. The van der Waals surface area contributed by atoms with E-state index in [0.717, 1.165) is 13.8 Å². The van der Waals surface area contributed by atoms with E-state index in [1.54, 1.807) is 6.92 Å². The molecular formula is C28H35ClO13. The third-order valence-electron chi connectivity index (χ3n) is 9.46. The molecule has 5 fully saturated rings. The first-order valence-electron chi connectivity index (χ1n) is 13.7. The van der Waals surface area contributed by atoms with Crippen LogP contribution in [0.4, 0.5) is 0 Å². The number of halogens is 1. The van der Waals surface area contributed by atoms with Crippen molar-refractivity contribution in [3.63, 3.8) is 0 Å². The molecule has 0 unspecified atom stereocenters. The summed E-state index contributed by atoms with van der Waals surface area (Å²) in [5.41, 5.74) is -4.55. The minimum atomic E-state index is -1.77. The fraction of sp³-hybridized carbons (Fsp3) is 0.750. The number of ether oxygens (including phenoxy) is 7. The number of carbonyl (C=O) groups is 5. The lowest BCUT2D eigenvalue weighted by Crippen LogP contribution is -2.78. The highest BCUT2D eigenvalue weighted by atomic mass is 35.5. The number of esters is 5. The number of carbonyl (C=O) groups excluding carboxylic acids is 5. The average Bonchev–Trinajstić information content (AvgIpc) is 3.58. The van der Waals surface area contributed by atoms with Gasteiger partial charge in [-0.2, -0.15) is 0 Å². The Labute approximate surface area is 247 Å². The number of aliphatic hydroxyl groups is 1. The second-order valence-corrected chi connectivity index (χ2v) is 12.5. The van der Waals surface area contributed by atoms with Crippen LogP contribution in [-0.2, 0) is 57.1 Å². The maximum atomic E-state index is 13.2. The molecule has 5 rings (SSSR count). The normalized spacial score (nSPS) is 47.1. The Kier molecular flexibility index (Phi) is 7.44. The third-order valence-corrected chi connectivity index (χ3v) is 9.97. The summed E-state index contributed by atoms with van der Waals surface area (Å²) in [6.07, 6.45) is -9.65. The summed E-state index contributed by atoms with van der Waals surface area (Å²) in [7, 11) is 0. The lowest BCUT2D eigenvalue weighted by atomic mass is 9.50. The van der Waals surface area contributed by atoms with Crippen molar-refractivity contribution in [3.05, 3.63) is 12.2 Å². The first kappa shape index (κ1) is 30.7. The topological polar surface area (TPSA) is 173 Å². The van der Waals surface area contributed by atoms with Crippen molar-refractivity contribution in [2.45, 2.75) is 107 Å². The molecule has 2 spiro atoms. The fourth-order valence-electron chi connectivity index (χ4n) is 7.87. The molecule has 1 N–H and O–H groups in total. The van der Waals surface area contributed by atoms with Crippen LogP contribution < -0.4 is 0 Å². The van der Waals surface area contributed by atoms with E-state index in [9.17, 15) is 29.1 Å². The van der Waals surface area contributed by atoms with Gasteiger partial charge in [0.15, 0.2) is 11.7 Å². The van der Waals surface area contributed by atoms with Crippen molar-refractivity contribution in [2.24, 2.45) is 17.3 Å². The van der Waals surface area contributed by atoms with E-state index < -0.39 is 106 Å². The number of fused-ring (bicyclic) bond motifs is 3. The van der Waals surface area contributed by atoms with Crippen LogP contribution in [0, 0.1) is 17.3 Å². The van der Waals surface area contributed by atoms with Crippen LogP contribution in [0.2, 0.25) is 0 Å². The number of epoxide rings is 1. The molecule has 4 saturated heterocycles. The van der Waals surface area contributed by atoms with Crippen molar-refractivity contribution < 1.29 is 62.2 Å². The molecule has 0 aromatic heterocycles. The molecule has 14 heteroatoms. The van der Waals surface area contributed by atoms with Crippen LogP contribution in [-0.4, -0.2) is 101 Å². The molecule has 2 bridgehead atoms. The van der Waals surface area contributed by atoms with Gasteiger partial charge in [-0.05, 0) is 12.5 Å². The quantitative estimate of drug-likeness (QED) is 0.155. The van der Waals surface area contributed by atoms with E-state index in [-0.39, 0.29) is 18.6 Å². The largest absolute Gasteiger partial charge is 0.459 e. The van der Waals surface area contributed by atoms with Crippen LogP contribution in [0.3, 0.4) is 0 Å². The highest BCUT2D eigenvalue weighted by Gasteiger charge is 2.81. The number of alkyl halides is 1. The molecule has 13 atom stereocenters. The second kappa shape index (κ2) is 10.2. The van der Waals surface area contributed by atoms with Crippen LogP contribution >= 0.6 is 11.6 Å². The number of aliphatic hydroxyl groups excluding tert-OH is 1. The summed E-state index contributed by atoms with van der Waals surface area (Å²) in [4.78, 5) is 63.4. The summed E-state index contributed by atoms with van der Waals surface area (Å²) in [5, 5.41) is 10.9. The zero-order valence-electron chi connectivity index (χ0n) is 24.1. The fourth-order valence-corrected chi connectivity index (χ4v) is 8.24. The van der Waals surface area contributed by atoms with Crippen LogP contribution in [0.25, 0.3) is 0 Å². The van der Waals surface area contributed by atoms with Gasteiger partial charge in [-0.15, -0.1) is 11.6 Å². The maximum absolute atomic E-state index is 13.2. The van der Waals surface area contributed by atoms with Crippen molar-refractivity contribution in [1.82, 2.24) is 0 Å². The van der Waals surface area contributed by atoms with E-state index in [0.29, 0.717) is 0 Å². The van der Waals surface area contributed by atoms with E-state index in [1.807, 2.05) is 0 Å². The van der Waals surface area contributed by atoms with Gasteiger partial charge >= 0.3 is 29.8 Å². The van der Waals surface area contributed by atoms with Crippen molar-refractivity contribution in [3.8, 4) is 0 Å². The van der Waals surface area contributed by atoms with Crippen LogP contribution in [0.5, 0.6) is 0 Å². The predicted octanol–water partition coefficient (Wildman–Crippen LogP) is 0.746. The Balaban J connectivity index is 1.85. The van der Waals surface area contributed by atoms with Gasteiger partial charge in [0.1, 0.15) is 42.2 Å². The van der Waals surface area contributed by atoms with Crippen molar-refractivity contribution in [1.29, 1.82) is 0 Å². The van der Waals surface area contributed by atoms with E-state index in [4.69, 9.17) is 44.8 Å². The Morgan fingerprint density at radius 1 is 0.952 bits per heavy atom. The Morgan fingerprint density at radius 3 is 2.00 bits per heavy atom. The standard InChI is InChI=1S/C28H35ClO13/c1-10-17(29)22-28(11(2)25(35)41-22)24(40-15(6)33)20-26(7,23(39-14(5)32)18(34)19(10)42-28)21(38-13(4)31)16(37-12(3)30)8-27(20)9-36-27/h11,16-24,34H,1,8-9H2,2-7H3/t11-,16-,17-,18+,19+,20+,21-,22-,23-,24-,26+,27-,28-/m0/s1. The molecule has 1 aliphatic carbocycles. The van der Waals surface area contributed by atoms with E-state index in [1.165, 1.54) is 20.8 Å². The Morgan fingerprint density at radius 2 is 1.48 bits per heavy atom. The van der Waals surface area contributed by atoms with Gasteiger partial charge in [0.05, 0.1) is 23.3 Å².